The van der Waals surface area contributed by atoms with Crippen molar-refractivity contribution >= 4 is 5.69 Å². The van der Waals surface area contributed by atoms with Crippen molar-refractivity contribution in [3.05, 3.63) is 59.4 Å². The Hall–Kier alpha value is -2.03. The van der Waals surface area contributed by atoms with Crippen molar-refractivity contribution in [3.8, 4) is 5.75 Å². The van der Waals surface area contributed by atoms with Gasteiger partial charge in [0, 0.05) is 18.3 Å². The molecule has 2 nitrogen and oxygen atoms in total. The zero-order valence-corrected chi connectivity index (χ0v) is 13.0. The average Bonchev–Trinajstić information content (AvgIpc) is 2.45. The fourth-order valence-corrected chi connectivity index (χ4v) is 2.10. The predicted octanol–water partition coefficient (Wildman–Crippen LogP) is 4.74. The summed E-state index contributed by atoms with van der Waals surface area (Å²) in [5, 5.41) is 3.22. The van der Waals surface area contributed by atoms with E-state index >= 15 is 0 Å². The van der Waals surface area contributed by atoms with Crippen molar-refractivity contribution in [3.63, 3.8) is 0 Å². The van der Waals surface area contributed by atoms with Crippen molar-refractivity contribution in [1.82, 2.24) is 0 Å². The van der Waals surface area contributed by atoms with Crippen LogP contribution in [0.4, 0.5) is 10.1 Å². The van der Waals surface area contributed by atoms with Gasteiger partial charge in [0.25, 0.3) is 0 Å². The summed E-state index contributed by atoms with van der Waals surface area (Å²) < 4.78 is 18.5. The second-order valence-electron chi connectivity index (χ2n) is 6.15. The molecular formula is C18H22FNO. The highest BCUT2D eigenvalue weighted by Crippen LogP contribution is 2.23. The molecule has 21 heavy (non-hydrogen) atoms. The van der Waals surface area contributed by atoms with Crippen LogP contribution in [0.25, 0.3) is 0 Å². The first-order valence-corrected chi connectivity index (χ1v) is 7.07. The molecule has 2 aromatic carbocycles. The Morgan fingerprint density at radius 1 is 1.05 bits per heavy atom. The molecule has 0 unspecified atom stereocenters. The maximum absolute atomic E-state index is 13.6. The second-order valence-corrected chi connectivity index (χ2v) is 6.15. The molecule has 0 aliphatic carbocycles. The first kappa shape index (κ1) is 15.4. The van der Waals surface area contributed by atoms with E-state index in [-0.39, 0.29) is 17.0 Å². The smallest absolute Gasteiger partial charge is 0.167 e. The summed E-state index contributed by atoms with van der Waals surface area (Å²) >= 11 is 0. The van der Waals surface area contributed by atoms with Crippen LogP contribution >= 0.6 is 0 Å². The quantitative estimate of drug-likeness (QED) is 0.876. The lowest BCUT2D eigenvalue weighted by Gasteiger charge is -2.19. The monoisotopic (exact) mass is 287 g/mol. The van der Waals surface area contributed by atoms with Gasteiger partial charge in [0.1, 0.15) is 0 Å². The maximum Gasteiger partial charge on any atom is 0.167 e. The number of hydrogen-bond donors (Lipinski definition) is 1. The van der Waals surface area contributed by atoms with Crippen LogP contribution in [-0.4, -0.2) is 7.11 Å². The molecule has 1 N–H and O–H groups in total. The second kappa shape index (κ2) is 6.17. The van der Waals surface area contributed by atoms with Crippen LogP contribution in [0.1, 0.15) is 31.9 Å². The van der Waals surface area contributed by atoms with Gasteiger partial charge in [-0.05, 0) is 28.7 Å². The van der Waals surface area contributed by atoms with Gasteiger partial charge in [-0.25, -0.2) is 4.39 Å². The molecule has 0 heterocycles. The SMILES string of the molecule is COc1ccc(NCc2ccc(C(C)(C)C)cc2)cc1F. The van der Waals surface area contributed by atoms with Gasteiger partial charge in [-0.1, -0.05) is 45.0 Å². The molecule has 0 saturated carbocycles. The molecule has 0 spiro atoms. The number of anilines is 1. The minimum absolute atomic E-state index is 0.158. The molecule has 3 heteroatoms. The van der Waals surface area contributed by atoms with Gasteiger partial charge in [-0.2, -0.15) is 0 Å². The first-order chi connectivity index (χ1) is 9.90. The summed E-state index contributed by atoms with van der Waals surface area (Å²) in [7, 11) is 1.46. The zero-order chi connectivity index (χ0) is 15.5. The highest BCUT2D eigenvalue weighted by molar-refractivity contribution is 5.47. The van der Waals surface area contributed by atoms with Crippen molar-refractivity contribution in [2.45, 2.75) is 32.7 Å². The highest BCUT2D eigenvalue weighted by atomic mass is 19.1. The van der Waals surface area contributed by atoms with E-state index in [1.165, 1.54) is 24.3 Å². The molecule has 0 atom stereocenters. The van der Waals surface area contributed by atoms with Gasteiger partial charge in [-0.3, -0.25) is 0 Å². The van der Waals surface area contributed by atoms with Crippen LogP contribution in [0.2, 0.25) is 0 Å². The molecule has 0 bridgehead atoms. The number of halogens is 1. The third-order valence-corrected chi connectivity index (χ3v) is 3.47. The maximum atomic E-state index is 13.6. The van der Waals surface area contributed by atoms with E-state index in [0.29, 0.717) is 6.54 Å². The molecule has 2 aromatic rings. The van der Waals surface area contributed by atoms with Gasteiger partial charge < -0.3 is 10.1 Å². The van der Waals surface area contributed by atoms with Crippen LogP contribution in [0.5, 0.6) is 5.75 Å². The average molecular weight is 287 g/mol. The number of ether oxygens (including phenoxy) is 1. The van der Waals surface area contributed by atoms with E-state index in [1.54, 1.807) is 6.07 Å². The van der Waals surface area contributed by atoms with Crippen molar-refractivity contribution in [2.75, 3.05) is 12.4 Å². The standard InChI is InChI=1S/C18H22FNO/c1-18(2,3)14-7-5-13(6-8-14)12-20-15-9-10-17(21-4)16(19)11-15/h5-11,20H,12H2,1-4H3. The van der Waals surface area contributed by atoms with Crippen molar-refractivity contribution < 1.29 is 9.13 Å². The van der Waals surface area contributed by atoms with Crippen LogP contribution in [0.15, 0.2) is 42.5 Å². The van der Waals surface area contributed by atoms with Gasteiger partial charge in [0.15, 0.2) is 11.6 Å². The molecule has 0 fully saturated rings. The summed E-state index contributed by atoms with van der Waals surface area (Å²) in [6, 6.07) is 13.4. The van der Waals surface area contributed by atoms with Crippen LogP contribution in [0, 0.1) is 5.82 Å². The van der Waals surface area contributed by atoms with E-state index in [4.69, 9.17) is 4.74 Å². The Bertz CT molecular complexity index is 600. The third-order valence-electron chi connectivity index (χ3n) is 3.47. The molecule has 112 valence electrons. The summed E-state index contributed by atoms with van der Waals surface area (Å²) in [6.45, 7) is 7.25. The predicted molar refractivity (Wildman–Crippen MR) is 85.4 cm³/mol. The summed E-state index contributed by atoms with van der Waals surface area (Å²) in [5.74, 6) is -0.0966. The first-order valence-electron chi connectivity index (χ1n) is 7.07. The normalized spacial score (nSPS) is 11.3. The Morgan fingerprint density at radius 2 is 1.71 bits per heavy atom. The fraction of sp³-hybridized carbons (Fsp3) is 0.333. The van der Waals surface area contributed by atoms with Crippen LogP contribution in [-0.2, 0) is 12.0 Å². The molecule has 2 rings (SSSR count). The largest absolute Gasteiger partial charge is 0.494 e. The lowest BCUT2D eigenvalue weighted by Crippen LogP contribution is -2.11. The minimum Gasteiger partial charge on any atom is -0.494 e. The topological polar surface area (TPSA) is 21.3 Å². The Balaban J connectivity index is 2.01. The van der Waals surface area contributed by atoms with Crippen LogP contribution < -0.4 is 10.1 Å². The number of nitrogens with one attached hydrogen (secondary N) is 1. The molecule has 0 aromatic heterocycles. The molecule has 0 aliphatic heterocycles. The Labute approximate surface area is 126 Å². The molecule has 0 saturated heterocycles. The van der Waals surface area contributed by atoms with Gasteiger partial charge >= 0.3 is 0 Å². The fourth-order valence-electron chi connectivity index (χ4n) is 2.10. The van der Waals surface area contributed by atoms with Gasteiger partial charge in [0.05, 0.1) is 7.11 Å². The van der Waals surface area contributed by atoms with Gasteiger partial charge in [-0.15, -0.1) is 0 Å². The van der Waals surface area contributed by atoms with E-state index in [1.807, 2.05) is 6.07 Å². The summed E-state index contributed by atoms with van der Waals surface area (Å²) in [4.78, 5) is 0. The molecular weight excluding hydrogens is 265 g/mol. The molecule has 0 amide bonds. The summed E-state index contributed by atoms with van der Waals surface area (Å²) in [6.07, 6.45) is 0. The number of benzene rings is 2. The third kappa shape index (κ3) is 3.97. The highest BCUT2D eigenvalue weighted by Gasteiger charge is 2.12. The summed E-state index contributed by atoms with van der Waals surface area (Å²) in [5.41, 5.74) is 3.37. The Kier molecular flexibility index (Phi) is 4.51. The van der Waals surface area contributed by atoms with Crippen LogP contribution in [0.3, 0.4) is 0 Å². The van der Waals surface area contributed by atoms with E-state index in [2.05, 4.69) is 50.4 Å². The van der Waals surface area contributed by atoms with E-state index in [9.17, 15) is 4.39 Å². The Morgan fingerprint density at radius 3 is 2.24 bits per heavy atom. The number of methoxy groups -OCH3 is 1. The lowest BCUT2D eigenvalue weighted by molar-refractivity contribution is 0.386. The zero-order valence-electron chi connectivity index (χ0n) is 13.0. The van der Waals surface area contributed by atoms with Crippen molar-refractivity contribution in [2.24, 2.45) is 0 Å². The molecule has 0 aliphatic rings. The van der Waals surface area contributed by atoms with E-state index < -0.39 is 0 Å². The molecule has 0 radical (unpaired) electrons. The van der Waals surface area contributed by atoms with E-state index in [0.717, 1.165) is 5.69 Å². The number of rotatable bonds is 4. The lowest BCUT2D eigenvalue weighted by atomic mass is 9.87. The van der Waals surface area contributed by atoms with Crippen molar-refractivity contribution in [1.29, 1.82) is 0 Å². The minimum atomic E-state index is -0.356. The number of hydrogen-bond acceptors (Lipinski definition) is 2. The van der Waals surface area contributed by atoms with Gasteiger partial charge in [0.2, 0.25) is 0 Å².